The molecule has 0 spiro atoms. The zero-order valence-electron chi connectivity index (χ0n) is 14.5. The van der Waals surface area contributed by atoms with Gasteiger partial charge in [0.1, 0.15) is 11.5 Å². The Morgan fingerprint density at radius 1 is 0.964 bits per heavy atom. The van der Waals surface area contributed by atoms with E-state index in [-0.39, 0.29) is 11.7 Å². The Morgan fingerprint density at radius 3 is 2.43 bits per heavy atom. The quantitative estimate of drug-likeness (QED) is 0.641. The van der Waals surface area contributed by atoms with Gasteiger partial charge in [-0.15, -0.1) is 0 Å². The lowest BCUT2D eigenvalue weighted by Gasteiger charge is -2.11. The summed E-state index contributed by atoms with van der Waals surface area (Å²) in [6, 6.07) is 12.5. The van der Waals surface area contributed by atoms with Crippen molar-refractivity contribution in [2.45, 2.75) is 18.9 Å². The Morgan fingerprint density at radius 2 is 1.71 bits per heavy atom. The molecule has 4 rings (SSSR count). The van der Waals surface area contributed by atoms with Gasteiger partial charge in [-0.3, -0.25) is 4.79 Å². The van der Waals surface area contributed by atoms with Crippen molar-refractivity contribution in [3.63, 3.8) is 0 Å². The molecule has 1 aliphatic carbocycles. The largest absolute Gasteiger partial charge is 0.367 e. The van der Waals surface area contributed by atoms with Crippen molar-refractivity contribution in [2.75, 3.05) is 10.6 Å². The Balaban J connectivity index is 1.67. The van der Waals surface area contributed by atoms with Gasteiger partial charge in [0.2, 0.25) is 0 Å². The smallest absolute Gasteiger partial charge is 0.274 e. The second-order valence-electron chi connectivity index (χ2n) is 6.42. The maximum Gasteiger partial charge on any atom is 0.274 e. The van der Waals surface area contributed by atoms with E-state index in [0.717, 1.165) is 25.0 Å². The second kappa shape index (κ2) is 7.30. The fourth-order valence-electron chi connectivity index (χ4n) is 2.60. The molecule has 1 aliphatic rings. The Bertz CT molecular complexity index is 1040. The normalized spacial score (nSPS) is 13.2. The molecule has 1 amide bonds. The highest BCUT2D eigenvalue weighted by molar-refractivity contribution is 6.03. The monoisotopic (exact) mass is 384 g/mol. The van der Waals surface area contributed by atoms with Gasteiger partial charge in [-0.2, -0.15) is 0 Å². The summed E-state index contributed by atoms with van der Waals surface area (Å²) in [5.41, 5.74) is 0.205. The molecule has 2 aromatic carbocycles. The van der Waals surface area contributed by atoms with Gasteiger partial charge in [0, 0.05) is 17.7 Å². The molecule has 5 nitrogen and oxygen atoms in total. The third-order valence-corrected chi connectivity index (χ3v) is 4.20. The predicted octanol–water partition coefficient (Wildman–Crippen LogP) is 4.39. The molecule has 0 atom stereocenters. The molecule has 1 saturated carbocycles. The molecule has 8 heteroatoms. The first kappa shape index (κ1) is 18.0. The number of hydrogen-bond acceptors (Lipinski definition) is 4. The van der Waals surface area contributed by atoms with Crippen molar-refractivity contribution >= 4 is 17.4 Å². The van der Waals surface area contributed by atoms with Crippen LogP contribution in [0.3, 0.4) is 0 Å². The van der Waals surface area contributed by atoms with Crippen LogP contribution in [0.25, 0.3) is 11.4 Å². The van der Waals surface area contributed by atoms with E-state index in [2.05, 4.69) is 20.6 Å². The van der Waals surface area contributed by atoms with E-state index < -0.39 is 29.0 Å². The zero-order chi connectivity index (χ0) is 19.7. The summed E-state index contributed by atoms with van der Waals surface area (Å²) in [5.74, 6) is -4.43. The summed E-state index contributed by atoms with van der Waals surface area (Å²) < 4.78 is 40.4. The third-order valence-electron chi connectivity index (χ3n) is 4.20. The number of benzene rings is 2. The molecular weight excluding hydrogens is 369 g/mol. The first-order valence-corrected chi connectivity index (χ1v) is 8.67. The Kier molecular flexibility index (Phi) is 4.68. The van der Waals surface area contributed by atoms with Crippen LogP contribution in [0.1, 0.15) is 23.3 Å². The van der Waals surface area contributed by atoms with Gasteiger partial charge >= 0.3 is 0 Å². The maximum absolute atomic E-state index is 13.9. The number of nitrogens with zero attached hydrogens (tertiary/aromatic N) is 2. The van der Waals surface area contributed by atoms with E-state index in [1.54, 1.807) is 12.1 Å². The van der Waals surface area contributed by atoms with Gasteiger partial charge in [-0.05, 0) is 25.0 Å². The lowest BCUT2D eigenvalue weighted by atomic mass is 10.2. The standard InChI is InChI=1S/C20H15F3N4O/c21-13-8-9-14(18(23)17(13)22)26-20(28)15-10-16(24-12-6-7-12)27-19(25-15)11-4-2-1-3-5-11/h1-5,8-10,12H,6-7H2,(H,26,28)(H,24,25,27). The number of anilines is 2. The molecule has 3 aromatic rings. The highest BCUT2D eigenvalue weighted by Gasteiger charge is 2.23. The van der Waals surface area contributed by atoms with Crippen LogP contribution in [0.15, 0.2) is 48.5 Å². The summed E-state index contributed by atoms with van der Waals surface area (Å²) in [6.07, 6.45) is 2.01. The van der Waals surface area contributed by atoms with E-state index in [4.69, 9.17) is 0 Å². The molecule has 0 radical (unpaired) electrons. The first-order chi connectivity index (χ1) is 13.5. The molecule has 28 heavy (non-hydrogen) atoms. The van der Waals surface area contributed by atoms with Gasteiger partial charge in [0.05, 0.1) is 5.69 Å². The molecule has 142 valence electrons. The SMILES string of the molecule is O=C(Nc1ccc(F)c(F)c1F)c1cc(NC2CC2)nc(-c2ccccc2)n1. The van der Waals surface area contributed by atoms with Gasteiger partial charge in [-0.25, -0.2) is 23.1 Å². The zero-order valence-corrected chi connectivity index (χ0v) is 14.5. The predicted molar refractivity (Wildman–Crippen MR) is 98.4 cm³/mol. The third kappa shape index (κ3) is 3.80. The van der Waals surface area contributed by atoms with Crippen molar-refractivity contribution in [3.05, 3.63) is 71.7 Å². The summed E-state index contributed by atoms with van der Waals surface area (Å²) in [5, 5.41) is 5.43. The van der Waals surface area contributed by atoms with Gasteiger partial charge < -0.3 is 10.6 Å². The van der Waals surface area contributed by atoms with Crippen LogP contribution in [-0.4, -0.2) is 21.9 Å². The van der Waals surface area contributed by atoms with Gasteiger partial charge in [0.25, 0.3) is 5.91 Å². The summed E-state index contributed by atoms with van der Waals surface area (Å²) in [4.78, 5) is 21.3. The van der Waals surface area contributed by atoms with Crippen molar-refractivity contribution in [1.82, 2.24) is 9.97 Å². The Hall–Kier alpha value is -3.42. The molecule has 0 bridgehead atoms. The van der Waals surface area contributed by atoms with E-state index >= 15 is 0 Å². The van der Waals surface area contributed by atoms with E-state index in [1.807, 2.05) is 18.2 Å². The number of aromatic nitrogens is 2. The van der Waals surface area contributed by atoms with E-state index in [9.17, 15) is 18.0 Å². The maximum atomic E-state index is 13.9. The minimum atomic E-state index is -1.65. The lowest BCUT2D eigenvalue weighted by Crippen LogP contribution is -2.17. The fraction of sp³-hybridized carbons (Fsp3) is 0.150. The van der Waals surface area contributed by atoms with Crippen LogP contribution in [0.5, 0.6) is 0 Å². The molecule has 1 fully saturated rings. The van der Waals surface area contributed by atoms with Crippen molar-refractivity contribution in [1.29, 1.82) is 0 Å². The van der Waals surface area contributed by atoms with Crippen LogP contribution in [0.2, 0.25) is 0 Å². The second-order valence-corrected chi connectivity index (χ2v) is 6.42. The van der Waals surface area contributed by atoms with Crippen molar-refractivity contribution < 1.29 is 18.0 Å². The van der Waals surface area contributed by atoms with Crippen LogP contribution in [-0.2, 0) is 0 Å². The highest BCUT2D eigenvalue weighted by Crippen LogP contribution is 2.26. The number of amides is 1. The summed E-state index contributed by atoms with van der Waals surface area (Å²) in [6.45, 7) is 0. The van der Waals surface area contributed by atoms with E-state index in [1.165, 1.54) is 6.07 Å². The molecule has 2 N–H and O–H groups in total. The van der Waals surface area contributed by atoms with Gasteiger partial charge in [0.15, 0.2) is 23.3 Å². The molecule has 0 unspecified atom stereocenters. The molecule has 0 saturated heterocycles. The first-order valence-electron chi connectivity index (χ1n) is 8.67. The van der Waals surface area contributed by atoms with Gasteiger partial charge in [-0.1, -0.05) is 30.3 Å². The Labute approximate surface area is 158 Å². The van der Waals surface area contributed by atoms with Crippen LogP contribution in [0, 0.1) is 17.5 Å². The molecule has 1 heterocycles. The number of nitrogens with one attached hydrogen (secondary N) is 2. The summed E-state index contributed by atoms with van der Waals surface area (Å²) >= 11 is 0. The van der Waals surface area contributed by atoms with Crippen molar-refractivity contribution in [2.24, 2.45) is 0 Å². The van der Waals surface area contributed by atoms with E-state index in [0.29, 0.717) is 17.2 Å². The van der Waals surface area contributed by atoms with Crippen LogP contribution in [0.4, 0.5) is 24.7 Å². The number of carbonyl (C=O) groups excluding carboxylic acids is 1. The fourth-order valence-corrected chi connectivity index (χ4v) is 2.60. The number of halogens is 3. The molecule has 0 aliphatic heterocycles. The minimum Gasteiger partial charge on any atom is -0.367 e. The van der Waals surface area contributed by atoms with Crippen LogP contribution < -0.4 is 10.6 Å². The van der Waals surface area contributed by atoms with Crippen molar-refractivity contribution in [3.8, 4) is 11.4 Å². The average Bonchev–Trinajstić information content (AvgIpc) is 3.53. The lowest BCUT2D eigenvalue weighted by molar-refractivity contribution is 0.102. The minimum absolute atomic E-state index is 0.0267. The van der Waals surface area contributed by atoms with Crippen LogP contribution >= 0.6 is 0 Å². The molecular formula is C20H15F3N4O. The number of rotatable bonds is 5. The highest BCUT2D eigenvalue weighted by atomic mass is 19.2. The average molecular weight is 384 g/mol. The number of carbonyl (C=O) groups is 1. The number of hydrogen-bond donors (Lipinski definition) is 2. The topological polar surface area (TPSA) is 66.9 Å². The molecule has 1 aromatic heterocycles. The summed E-state index contributed by atoms with van der Waals surface area (Å²) in [7, 11) is 0.